The summed E-state index contributed by atoms with van der Waals surface area (Å²) in [5.74, 6) is -0.886. The van der Waals surface area contributed by atoms with Crippen molar-refractivity contribution < 1.29 is 18.0 Å². The van der Waals surface area contributed by atoms with Crippen LogP contribution in [-0.4, -0.2) is 31.1 Å². The Morgan fingerprint density at radius 3 is 2.56 bits per heavy atom. The zero-order chi connectivity index (χ0) is 19.8. The molecule has 2 amide bonds. The largest absolute Gasteiger partial charge is 0.350 e. The second-order valence-corrected chi connectivity index (χ2v) is 8.61. The lowest BCUT2D eigenvalue weighted by Gasteiger charge is -2.19. The van der Waals surface area contributed by atoms with E-state index in [0.29, 0.717) is 0 Å². The Bertz CT molecular complexity index is 1010. The number of sulfonamides is 1. The van der Waals surface area contributed by atoms with Gasteiger partial charge in [0.15, 0.2) is 0 Å². The van der Waals surface area contributed by atoms with Crippen molar-refractivity contribution in [2.24, 2.45) is 0 Å². The van der Waals surface area contributed by atoms with E-state index in [2.05, 4.69) is 5.32 Å². The molecule has 6 nitrogen and oxygen atoms in total. The molecule has 7 heteroatoms. The van der Waals surface area contributed by atoms with Gasteiger partial charge in [-0.15, -0.1) is 0 Å². The maximum absolute atomic E-state index is 12.5. The van der Waals surface area contributed by atoms with E-state index in [9.17, 15) is 18.0 Å². The highest BCUT2D eigenvalue weighted by Crippen LogP contribution is 2.29. The summed E-state index contributed by atoms with van der Waals surface area (Å²) in [6.07, 6.45) is -0.0891. The van der Waals surface area contributed by atoms with Gasteiger partial charge in [-0.05, 0) is 44.0 Å². The zero-order valence-corrected chi connectivity index (χ0v) is 16.3. The van der Waals surface area contributed by atoms with Gasteiger partial charge in [0.2, 0.25) is 5.91 Å². The molecular weight excluding hydrogens is 364 g/mol. The summed E-state index contributed by atoms with van der Waals surface area (Å²) in [7, 11) is -3.88. The average molecular weight is 386 g/mol. The van der Waals surface area contributed by atoms with Crippen LogP contribution in [0.5, 0.6) is 0 Å². The Labute approximate surface area is 159 Å². The van der Waals surface area contributed by atoms with Crippen molar-refractivity contribution in [3.8, 4) is 0 Å². The Morgan fingerprint density at radius 2 is 1.85 bits per heavy atom. The van der Waals surface area contributed by atoms with E-state index >= 15 is 0 Å². The van der Waals surface area contributed by atoms with Gasteiger partial charge in [-0.25, -0.2) is 12.7 Å². The number of rotatable bonds is 5. The molecule has 0 spiro atoms. The van der Waals surface area contributed by atoms with Crippen LogP contribution in [0, 0.1) is 13.8 Å². The van der Waals surface area contributed by atoms with E-state index in [4.69, 9.17) is 0 Å². The molecule has 2 aromatic carbocycles. The van der Waals surface area contributed by atoms with Crippen LogP contribution in [-0.2, 0) is 14.8 Å². The third-order valence-corrected chi connectivity index (χ3v) is 6.57. The molecule has 1 heterocycles. The molecule has 0 saturated heterocycles. The van der Waals surface area contributed by atoms with Crippen LogP contribution in [0.4, 0.5) is 0 Å². The molecule has 142 valence electrons. The first kappa shape index (κ1) is 19.1. The van der Waals surface area contributed by atoms with Crippen LogP contribution in [0.3, 0.4) is 0 Å². The van der Waals surface area contributed by atoms with Crippen LogP contribution in [0.2, 0.25) is 0 Å². The second kappa shape index (κ2) is 7.15. The minimum absolute atomic E-state index is 0.000776. The van der Waals surface area contributed by atoms with Gasteiger partial charge >= 0.3 is 0 Å². The quantitative estimate of drug-likeness (QED) is 0.856. The van der Waals surface area contributed by atoms with Gasteiger partial charge in [0.05, 0.1) is 11.6 Å². The second-order valence-electron chi connectivity index (χ2n) is 6.78. The molecular formula is C20H22N2O4S. The molecule has 0 unspecified atom stereocenters. The topological polar surface area (TPSA) is 83.6 Å². The molecule has 0 aromatic heterocycles. The normalized spacial score (nSPS) is 16.1. The molecule has 3 rings (SSSR count). The molecule has 1 N–H and O–H groups in total. The fourth-order valence-corrected chi connectivity index (χ4v) is 4.84. The lowest BCUT2D eigenvalue weighted by Crippen LogP contribution is -2.35. The monoisotopic (exact) mass is 386 g/mol. The molecule has 0 bridgehead atoms. The van der Waals surface area contributed by atoms with Crippen LogP contribution < -0.4 is 5.32 Å². The Kier molecular flexibility index (Phi) is 5.06. The van der Waals surface area contributed by atoms with Crippen LogP contribution in [0.25, 0.3) is 0 Å². The molecule has 0 aliphatic carbocycles. The summed E-state index contributed by atoms with van der Waals surface area (Å²) in [5.41, 5.74) is 3.34. The number of hydrogen-bond donors (Lipinski definition) is 1. The first-order valence-corrected chi connectivity index (χ1v) is 10.2. The number of amides is 2. The molecule has 0 radical (unpaired) electrons. The molecule has 1 aliphatic heterocycles. The SMILES string of the molecule is Cc1ccc(C)c([C@H](C)NC(=O)CCN2C(=O)c3ccccc3S2(=O)=O)c1. The fraction of sp³-hybridized carbons (Fsp3) is 0.300. The van der Waals surface area contributed by atoms with Crippen LogP contribution >= 0.6 is 0 Å². The Hall–Kier alpha value is -2.67. The number of fused-ring (bicyclic) bond motifs is 1. The highest BCUT2D eigenvalue weighted by atomic mass is 32.2. The molecule has 27 heavy (non-hydrogen) atoms. The van der Waals surface area contributed by atoms with Crippen molar-refractivity contribution >= 4 is 21.8 Å². The molecule has 0 saturated carbocycles. The highest BCUT2D eigenvalue weighted by Gasteiger charge is 2.40. The summed E-state index contributed by atoms with van der Waals surface area (Å²) in [4.78, 5) is 24.7. The first-order chi connectivity index (χ1) is 12.7. The lowest BCUT2D eigenvalue weighted by molar-refractivity contribution is -0.121. The van der Waals surface area contributed by atoms with E-state index in [-0.39, 0.29) is 35.4 Å². The van der Waals surface area contributed by atoms with Crippen LogP contribution in [0.1, 0.15) is 46.4 Å². The summed E-state index contributed by atoms with van der Waals surface area (Å²) >= 11 is 0. The molecule has 1 atom stereocenters. The standard InChI is InChI=1S/C20H22N2O4S/c1-13-8-9-14(2)17(12-13)15(3)21-19(23)10-11-22-20(24)16-6-4-5-7-18(16)27(22,25)26/h4-9,12,15H,10-11H2,1-3H3,(H,21,23)/t15-/m0/s1. The third-order valence-electron chi connectivity index (χ3n) is 4.73. The van der Waals surface area contributed by atoms with Gasteiger partial charge in [0.1, 0.15) is 4.90 Å². The number of carbonyl (C=O) groups excluding carboxylic acids is 2. The lowest BCUT2D eigenvalue weighted by atomic mass is 10.00. The van der Waals surface area contributed by atoms with E-state index in [1.54, 1.807) is 12.1 Å². The smallest absolute Gasteiger partial charge is 0.269 e. The van der Waals surface area contributed by atoms with Gasteiger partial charge in [-0.2, -0.15) is 0 Å². The number of hydrogen-bond acceptors (Lipinski definition) is 4. The van der Waals surface area contributed by atoms with Gasteiger partial charge < -0.3 is 5.32 Å². The number of benzene rings is 2. The van der Waals surface area contributed by atoms with Gasteiger partial charge in [-0.3, -0.25) is 9.59 Å². The Balaban J connectivity index is 1.66. The van der Waals surface area contributed by atoms with Crippen molar-refractivity contribution in [3.05, 3.63) is 64.7 Å². The zero-order valence-electron chi connectivity index (χ0n) is 15.5. The third kappa shape index (κ3) is 3.60. The van der Waals surface area contributed by atoms with Gasteiger partial charge in [0.25, 0.3) is 15.9 Å². The maximum Gasteiger partial charge on any atom is 0.269 e. The summed E-state index contributed by atoms with van der Waals surface area (Å²) in [6.45, 7) is 5.66. The molecule has 2 aromatic rings. The van der Waals surface area contributed by atoms with Crippen molar-refractivity contribution in [1.82, 2.24) is 9.62 Å². The number of nitrogens with one attached hydrogen (secondary N) is 1. The van der Waals surface area contributed by atoms with E-state index in [0.717, 1.165) is 21.0 Å². The van der Waals surface area contributed by atoms with Crippen LogP contribution in [0.15, 0.2) is 47.4 Å². The van der Waals surface area contributed by atoms with Gasteiger partial charge in [-0.1, -0.05) is 35.9 Å². The van der Waals surface area contributed by atoms with Crippen molar-refractivity contribution in [2.75, 3.05) is 6.54 Å². The fourth-order valence-electron chi connectivity index (χ4n) is 3.27. The van der Waals surface area contributed by atoms with Crippen molar-refractivity contribution in [1.29, 1.82) is 0 Å². The van der Waals surface area contributed by atoms with E-state index < -0.39 is 15.9 Å². The predicted octanol–water partition coefficient (Wildman–Crippen LogP) is 2.72. The average Bonchev–Trinajstić information content (AvgIpc) is 2.82. The minimum atomic E-state index is -3.88. The Morgan fingerprint density at radius 1 is 1.15 bits per heavy atom. The summed E-state index contributed by atoms with van der Waals surface area (Å²) in [6, 6.07) is 11.9. The first-order valence-electron chi connectivity index (χ1n) is 8.74. The van der Waals surface area contributed by atoms with Gasteiger partial charge in [0, 0.05) is 13.0 Å². The molecule has 0 fully saturated rings. The van der Waals surface area contributed by atoms with E-state index in [1.165, 1.54) is 12.1 Å². The minimum Gasteiger partial charge on any atom is -0.350 e. The predicted molar refractivity (Wildman–Crippen MR) is 102 cm³/mol. The number of aryl methyl sites for hydroxylation is 2. The molecule has 1 aliphatic rings. The van der Waals surface area contributed by atoms with Crippen molar-refractivity contribution in [3.63, 3.8) is 0 Å². The maximum atomic E-state index is 12.5. The van der Waals surface area contributed by atoms with Crippen molar-refractivity contribution in [2.45, 2.75) is 38.1 Å². The highest BCUT2D eigenvalue weighted by molar-refractivity contribution is 7.90. The number of nitrogens with zero attached hydrogens (tertiary/aromatic N) is 1. The van der Waals surface area contributed by atoms with E-state index in [1.807, 2.05) is 39.0 Å². The summed E-state index contributed by atoms with van der Waals surface area (Å²) < 4.78 is 25.8. The number of carbonyl (C=O) groups is 2. The summed E-state index contributed by atoms with van der Waals surface area (Å²) in [5, 5.41) is 2.88.